The molecule has 2 aromatic carbocycles. The third kappa shape index (κ3) is 5.06. The van der Waals surface area contributed by atoms with Gasteiger partial charge in [0.1, 0.15) is 11.5 Å². The molecule has 132 valence electrons. The Labute approximate surface area is 147 Å². The van der Waals surface area contributed by atoms with Gasteiger partial charge in [0.25, 0.3) is 0 Å². The van der Waals surface area contributed by atoms with Crippen molar-refractivity contribution < 1.29 is 17.9 Å². The number of carbonyl (C=O) groups excluding carboxylic acids is 1. The SMILES string of the molecule is Cc1ccc(Oc2ccc(NC(=O)C[C@@H]3CCS(=O)(=O)C3)cc2)cc1. The number of rotatable bonds is 5. The number of aryl methyl sites for hydroxylation is 1. The van der Waals surface area contributed by atoms with Crippen LogP contribution in [0.4, 0.5) is 5.69 Å². The van der Waals surface area contributed by atoms with Gasteiger partial charge in [-0.15, -0.1) is 0 Å². The van der Waals surface area contributed by atoms with Crippen LogP contribution < -0.4 is 10.1 Å². The molecule has 0 radical (unpaired) electrons. The number of ether oxygens (including phenoxy) is 1. The van der Waals surface area contributed by atoms with Crippen molar-refractivity contribution in [2.24, 2.45) is 5.92 Å². The summed E-state index contributed by atoms with van der Waals surface area (Å²) in [5.74, 6) is 1.51. The van der Waals surface area contributed by atoms with E-state index < -0.39 is 9.84 Å². The summed E-state index contributed by atoms with van der Waals surface area (Å²) in [6, 6.07) is 14.9. The summed E-state index contributed by atoms with van der Waals surface area (Å²) in [5.41, 5.74) is 1.84. The molecule has 0 aromatic heterocycles. The Hall–Kier alpha value is -2.34. The Balaban J connectivity index is 1.53. The van der Waals surface area contributed by atoms with E-state index >= 15 is 0 Å². The fourth-order valence-corrected chi connectivity index (χ4v) is 4.72. The van der Waals surface area contributed by atoms with Crippen LogP contribution >= 0.6 is 0 Å². The fraction of sp³-hybridized carbons (Fsp3) is 0.316. The highest BCUT2D eigenvalue weighted by Gasteiger charge is 2.29. The fourth-order valence-electron chi connectivity index (χ4n) is 2.86. The third-order valence-corrected chi connectivity index (χ3v) is 6.03. The van der Waals surface area contributed by atoms with E-state index in [1.807, 2.05) is 31.2 Å². The molecule has 1 heterocycles. The maximum Gasteiger partial charge on any atom is 0.224 e. The lowest BCUT2D eigenvalue weighted by molar-refractivity contribution is -0.116. The van der Waals surface area contributed by atoms with Crippen LogP contribution in [0.25, 0.3) is 0 Å². The normalized spacial score (nSPS) is 18.7. The highest BCUT2D eigenvalue weighted by Crippen LogP contribution is 2.25. The highest BCUT2D eigenvalue weighted by atomic mass is 32.2. The average molecular weight is 359 g/mol. The van der Waals surface area contributed by atoms with Crippen LogP contribution in [0.5, 0.6) is 11.5 Å². The lowest BCUT2D eigenvalue weighted by atomic mass is 10.1. The number of sulfone groups is 1. The average Bonchev–Trinajstić information content (AvgIpc) is 2.90. The Morgan fingerprint density at radius 3 is 2.24 bits per heavy atom. The largest absolute Gasteiger partial charge is 0.457 e. The number of hydrogen-bond acceptors (Lipinski definition) is 4. The van der Waals surface area contributed by atoms with Gasteiger partial charge in [0.2, 0.25) is 5.91 Å². The van der Waals surface area contributed by atoms with Gasteiger partial charge in [-0.2, -0.15) is 0 Å². The van der Waals surface area contributed by atoms with E-state index in [2.05, 4.69) is 5.32 Å². The smallest absolute Gasteiger partial charge is 0.224 e. The molecule has 3 rings (SSSR count). The quantitative estimate of drug-likeness (QED) is 0.886. The summed E-state index contributed by atoms with van der Waals surface area (Å²) in [6.07, 6.45) is 0.805. The zero-order valence-corrected chi connectivity index (χ0v) is 14.9. The number of anilines is 1. The standard InChI is InChI=1S/C19H21NO4S/c1-14-2-6-17(7-3-14)24-18-8-4-16(5-9-18)20-19(21)12-15-10-11-25(22,23)13-15/h2-9,15H,10-13H2,1H3,(H,20,21)/t15-/m0/s1. The van der Waals surface area contributed by atoms with Crippen molar-refractivity contribution in [2.75, 3.05) is 16.8 Å². The summed E-state index contributed by atoms with van der Waals surface area (Å²) < 4.78 is 28.6. The summed E-state index contributed by atoms with van der Waals surface area (Å²) in [4.78, 5) is 12.1. The minimum Gasteiger partial charge on any atom is -0.457 e. The first-order valence-corrected chi connectivity index (χ1v) is 10.1. The van der Waals surface area contributed by atoms with Crippen molar-refractivity contribution in [1.29, 1.82) is 0 Å². The molecule has 1 atom stereocenters. The molecule has 0 aliphatic carbocycles. The van der Waals surface area contributed by atoms with Gasteiger partial charge >= 0.3 is 0 Å². The zero-order chi connectivity index (χ0) is 17.9. The number of hydrogen-bond donors (Lipinski definition) is 1. The van der Waals surface area contributed by atoms with Crippen LogP contribution in [0.15, 0.2) is 48.5 Å². The minimum atomic E-state index is -2.95. The highest BCUT2D eigenvalue weighted by molar-refractivity contribution is 7.91. The molecule has 1 amide bonds. The first kappa shape index (κ1) is 17.5. The van der Waals surface area contributed by atoms with Gasteiger partial charge in [-0.3, -0.25) is 4.79 Å². The van der Waals surface area contributed by atoms with E-state index in [1.165, 1.54) is 5.56 Å². The van der Waals surface area contributed by atoms with E-state index in [0.717, 1.165) is 5.75 Å². The van der Waals surface area contributed by atoms with Crippen LogP contribution in [0.3, 0.4) is 0 Å². The van der Waals surface area contributed by atoms with Crippen LogP contribution in [-0.2, 0) is 14.6 Å². The van der Waals surface area contributed by atoms with Crippen LogP contribution in [0.2, 0.25) is 0 Å². The van der Waals surface area contributed by atoms with Crippen LogP contribution in [-0.4, -0.2) is 25.8 Å². The van der Waals surface area contributed by atoms with Crippen molar-refractivity contribution in [3.05, 3.63) is 54.1 Å². The number of nitrogens with one attached hydrogen (secondary N) is 1. The van der Waals surface area contributed by atoms with Gasteiger partial charge in [-0.1, -0.05) is 17.7 Å². The van der Waals surface area contributed by atoms with Crippen molar-refractivity contribution >= 4 is 21.4 Å². The Kier molecular flexibility index (Phi) is 5.08. The summed E-state index contributed by atoms with van der Waals surface area (Å²) in [5, 5.41) is 2.81. The predicted molar refractivity (Wildman–Crippen MR) is 97.7 cm³/mol. The van der Waals surface area contributed by atoms with E-state index in [9.17, 15) is 13.2 Å². The molecule has 6 heteroatoms. The Morgan fingerprint density at radius 1 is 1.08 bits per heavy atom. The van der Waals surface area contributed by atoms with Gasteiger partial charge < -0.3 is 10.1 Å². The lowest BCUT2D eigenvalue weighted by Gasteiger charge is -2.10. The maximum absolute atomic E-state index is 12.1. The molecule has 1 aliphatic heterocycles. The second-order valence-electron chi connectivity index (χ2n) is 6.46. The number of amides is 1. The second-order valence-corrected chi connectivity index (χ2v) is 8.69. The molecular weight excluding hydrogens is 338 g/mol. The first-order chi connectivity index (χ1) is 11.9. The molecule has 1 aliphatic rings. The summed E-state index contributed by atoms with van der Waals surface area (Å²) in [7, 11) is -2.95. The second kappa shape index (κ2) is 7.27. The number of carbonyl (C=O) groups is 1. The summed E-state index contributed by atoms with van der Waals surface area (Å²) in [6.45, 7) is 2.02. The van der Waals surface area contributed by atoms with Crippen LogP contribution in [0.1, 0.15) is 18.4 Å². The van der Waals surface area contributed by atoms with Crippen molar-refractivity contribution in [1.82, 2.24) is 0 Å². The van der Waals surface area contributed by atoms with Gasteiger partial charge in [0.15, 0.2) is 9.84 Å². The zero-order valence-electron chi connectivity index (χ0n) is 14.1. The maximum atomic E-state index is 12.1. The summed E-state index contributed by atoms with van der Waals surface area (Å²) >= 11 is 0. The van der Waals surface area contributed by atoms with Crippen molar-refractivity contribution in [3.8, 4) is 11.5 Å². The predicted octanol–water partition coefficient (Wildman–Crippen LogP) is 3.55. The Morgan fingerprint density at radius 2 is 1.68 bits per heavy atom. The molecule has 1 saturated heterocycles. The molecule has 2 aromatic rings. The molecule has 0 bridgehead atoms. The molecule has 0 spiro atoms. The monoisotopic (exact) mass is 359 g/mol. The van der Waals surface area contributed by atoms with Gasteiger partial charge in [0, 0.05) is 12.1 Å². The Bertz CT molecular complexity index is 842. The van der Waals surface area contributed by atoms with E-state index in [-0.39, 0.29) is 29.8 Å². The topological polar surface area (TPSA) is 72.5 Å². The van der Waals surface area contributed by atoms with Gasteiger partial charge in [-0.05, 0) is 55.7 Å². The molecule has 1 N–H and O–H groups in total. The van der Waals surface area contributed by atoms with Gasteiger partial charge in [0.05, 0.1) is 11.5 Å². The third-order valence-electron chi connectivity index (χ3n) is 4.20. The number of benzene rings is 2. The molecule has 0 unspecified atom stereocenters. The molecule has 25 heavy (non-hydrogen) atoms. The van der Waals surface area contributed by atoms with E-state index in [4.69, 9.17) is 4.74 Å². The molecule has 1 fully saturated rings. The lowest BCUT2D eigenvalue weighted by Crippen LogP contribution is -2.17. The van der Waals surface area contributed by atoms with Crippen molar-refractivity contribution in [2.45, 2.75) is 19.8 Å². The van der Waals surface area contributed by atoms with E-state index in [0.29, 0.717) is 17.9 Å². The van der Waals surface area contributed by atoms with Crippen LogP contribution in [0, 0.1) is 12.8 Å². The van der Waals surface area contributed by atoms with Gasteiger partial charge in [-0.25, -0.2) is 8.42 Å². The molecule has 0 saturated carbocycles. The molecule has 5 nitrogen and oxygen atoms in total. The first-order valence-electron chi connectivity index (χ1n) is 8.24. The van der Waals surface area contributed by atoms with Crippen molar-refractivity contribution in [3.63, 3.8) is 0 Å². The van der Waals surface area contributed by atoms with E-state index in [1.54, 1.807) is 24.3 Å². The minimum absolute atomic E-state index is 0.0749. The molecular formula is C19H21NO4S.